The van der Waals surface area contributed by atoms with Gasteiger partial charge in [0.15, 0.2) is 0 Å². The van der Waals surface area contributed by atoms with Gasteiger partial charge in [-0.3, -0.25) is 0 Å². The van der Waals surface area contributed by atoms with Crippen LogP contribution in [-0.2, 0) is 4.74 Å². The smallest absolute Gasteiger partial charge is 0.143 e. The molecule has 0 aliphatic carbocycles. The summed E-state index contributed by atoms with van der Waals surface area (Å²) in [7, 11) is 0. The number of ether oxygens (including phenoxy) is 1. The Morgan fingerprint density at radius 2 is 2.36 bits per heavy atom. The molecule has 14 heavy (non-hydrogen) atoms. The van der Waals surface area contributed by atoms with Crippen LogP contribution < -0.4 is 5.73 Å². The van der Waals surface area contributed by atoms with Crippen LogP contribution in [0.15, 0.2) is 5.16 Å². The second kappa shape index (κ2) is 5.82. The number of hydrogen-bond donors (Lipinski definition) is 2. The van der Waals surface area contributed by atoms with E-state index in [0.29, 0.717) is 5.84 Å². The zero-order chi connectivity index (χ0) is 10.4. The summed E-state index contributed by atoms with van der Waals surface area (Å²) in [4.78, 5) is 2.29. The summed E-state index contributed by atoms with van der Waals surface area (Å²) in [6.45, 7) is 6.38. The lowest BCUT2D eigenvalue weighted by molar-refractivity contribution is 0.140. The second-order valence-corrected chi connectivity index (χ2v) is 3.69. The molecule has 5 heteroatoms. The lowest BCUT2D eigenvalue weighted by Crippen LogP contribution is -2.36. The van der Waals surface area contributed by atoms with Gasteiger partial charge in [-0.1, -0.05) is 12.1 Å². The van der Waals surface area contributed by atoms with Crippen LogP contribution in [0.3, 0.4) is 0 Å². The SMILES string of the molecule is CC(CN1CCCOCC1)/C(N)=N/O. The number of nitrogens with two attached hydrogens (primary N) is 1. The zero-order valence-corrected chi connectivity index (χ0v) is 8.65. The third-order valence-corrected chi connectivity index (χ3v) is 2.47. The monoisotopic (exact) mass is 201 g/mol. The van der Waals surface area contributed by atoms with Gasteiger partial charge in [-0.25, -0.2) is 0 Å². The maximum Gasteiger partial charge on any atom is 0.143 e. The highest BCUT2D eigenvalue weighted by atomic mass is 16.5. The molecular formula is C9H19N3O2. The molecule has 0 bridgehead atoms. The van der Waals surface area contributed by atoms with Crippen molar-refractivity contribution in [1.82, 2.24) is 4.90 Å². The molecule has 82 valence electrons. The molecule has 0 amide bonds. The third-order valence-electron chi connectivity index (χ3n) is 2.47. The molecule has 1 fully saturated rings. The Balaban J connectivity index is 2.34. The van der Waals surface area contributed by atoms with Crippen LogP contribution in [0.1, 0.15) is 13.3 Å². The first-order valence-electron chi connectivity index (χ1n) is 5.01. The molecule has 0 aromatic heterocycles. The van der Waals surface area contributed by atoms with E-state index < -0.39 is 0 Å². The summed E-state index contributed by atoms with van der Waals surface area (Å²) in [6, 6.07) is 0. The average molecular weight is 201 g/mol. The number of amidine groups is 1. The topological polar surface area (TPSA) is 71.1 Å². The molecule has 5 nitrogen and oxygen atoms in total. The highest BCUT2D eigenvalue weighted by Gasteiger charge is 2.15. The van der Waals surface area contributed by atoms with Gasteiger partial charge in [0, 0.05) is 32.2 Å². The fraction of sp³-hybridized carbons (Fsp3) is 0.889. The van der Waals surface area contributed by atoms with Gasteiger partial charge in [0.1, 0.15) is 5.84 Å². The molecule has 1 unspecified atom stereocenters. The van der Waals surface area contributed by atoms with E-state index in [1.807, 2.05) is 6.92 Å². The van der Waals surface area contributed by atoms with Crippen molar-refractivity contribution < 1.29 is 9.94 Å². The Morgan fingerprint density at radius 1 is 1.57 bits per heavy atom. The van der Waals surface area contributed by atoms with Crippen LogP contribution in [0.5, 0.6) is 0 Å². The van der Waals surface area contributed by atoms with Gasteiger partial charge in [-0.2, -0.15) is 0 Å². The van der Waals surface area contributed by atoms with E-state index in [-0.39, 0.29) is 5.92 Å². The van der Waals surface area contributed by atoms with Gasteiger partial charge < -0.3 is 20.6 Å². The molecule has 0 radical (unpaired) electrons. The Morgan fingerprint density at radius 3 is 3.07 bits per heavy atom. The summed E-state index contributed by atoms with van der Waals surface area (Å²) >= 11 is 0. The molecule has 3 N–H and O–H groups in total. The predicted octanol–water partition coefficient (Wildman–Crippen LogP) is 0.0912. The van der Waals surface area contributed by atoms with Crippen LogP contribution in [0.4, 0.5) is 0 Å². The van der Waals surface area contributed by atoms with Crippen LogP contribution in [0, 0.1) is 5.92 Å². The summed E-state index contributed by atoms with van der Waals surface area (Å²) in [5.41, 5.74) is 5.51. The highest BCUT2D eigenvalue weighted by molar-refractivity contribution is 5.82. The maximum atomic E-state index is 8.51. The quantitative estimate of drug-likeness (QED) is 0.294. The zero-order valence-electron chi connectivity index (χ0n) is 8.65. The van der Waals surface area contributed by atoms with Crippen molar-refractivity contribution in [2.75, 3.05) is 32.8 Å². The van der Waals surface area contributed by atoms with Gasteiger partial charge in [-0.15, -0.1) is 0 Å². The van der Waals surface area contributed by atoms with E-state index in [1.54, 1.807) is 0 Å². The lowest BCUT2D eigenvalue weighted by atomic mass is 10.1. The van der Waals surface area contributed by atoms with E-state index in [4.69, 9.17) is 15.7 Å². The first-order chi connectivity index (χ1) is 6.74. The van der Waals surface area contributed by atoms with Crippen molar-refractivity contribution in [3.05, 3.63) is 0 Å². The lowest BCUT2D eigenvalue weighted by Gasteiger charge is -2.22. The first-order valence-corrected chi connectivity index (χ1v) is 5.01. The van der Waals surface area contributed by atoms with Crippen molar-refractivity contribution in [3.8, 4) is 0 Å². The second-order valence-electron chi connectivity index (χ2n) is 3.69. The van der Waals surface area contributed by atoms with Crippen molar-refractivity contribution >= 4 is 5.84 Å². The normalized spacial score (nSPS) is 23.1. The number of rotatable bonds is 3. The number of nitrogens with zero attached hydrogens (tertiary/aromatic N) is 2. The molecule has 1 saturated heterocycles. The summed E-state index contributed by atoms with van der Waals surface area (Å²) < 4.78 is 5.34. The molecular weight excluding hydrogens is 182 g/mol. The summed E-state index contributed by atoms with van der Waals surface area (Å²) in [6.07, 6.45) is 1.06. The minimum Gasteiger partial charge on any atom is -0.409 e. The minimum atomic E-state index is 0.0955. The summed E-state index contributed by atoms with van der Waals surface area (Å²) in [5, 5.41) is 11.5. The molecule has 1 atom stereocenters. The van der Waals surface area contributed by atoms with E-state index in [9.17, 15) is 0 Å². The van der Waals surface area contributed by atoms with Crippen molar-refractivity contribution in [3.63, 3.8) is 0 Å². The Hall–Kier alpha value is -0.810. The van der Waals surface area contributed by atoms with Gasteiger partial charge in [0.2, 0.25) is 0 Å². The van der Waals surface area contributed by atoms with Crippen LogP contribution in [-0.4, -0.2) is 48.8 Å². The van der Waals surface area contributed by atoms with E-state index >= 15 is 0 Å². The Bertz CT molecular complexity index is 188. The van der Waals surface area contributed by atoms with Gasteiger partial charge in [0.25, 0.3) is 0 Å². The highest BCUT2D eigenvalue weighted by Crippen LogP contribution is 2.04. The van der Waals surface area contributed by atoms with Crippen molar-refractivity contribution in [2.45, 2.75) is 13.3 Å². The number of oxime groups is 1. The van der Waals surface area contributed by atoms with Crippen molar-refractivity contribution in [2.24, 2.45) is 16.8 Å². The molecule has 1 aliphatic heterocycles. The average Bonchev–Trinajstić information content (AvgIpc) is 2.45. The minimum absolute atomic E-state index is 0.0955. The largest absolute Gasteiger partial charge is 0.409 e. The van der Waals surface area contributed by atoms with Gasteiger partial charge in [0.05, 0.1) is 6.61 Å². The van der Waals surface area contributed by atoms with Gasteiger partial charge >= 0.3 is 0 Å². The third kappa shape index (κ3) is 3.51. The molecule has 1 aliphatic rings. The van der Waals surface area contributed by atoms with Crippen molar-refractivity contribution in [1.29, 1.82) is 0 Å². The summed E-state index contributed by atoms with van der Waals surface area (Å²) in [5.74, 6) is 0.397. The Kier molecular flexibility index (Phi) is 4.69. The Labute approximate surface area is 84.5 Å². The van der Waals surface area contributed by atoms with Gasteiger partial charge in [-0.05, 0) is 6.42 Å². The standard InChI is InChI=1S/C9H19N3O2/c1-8(9(10)11-13)7-12-3-2-5-14-6-4-12/h8,13H,2-7H2,1H3,(H2,10,11). The molecule has 0 aromatic carbocycles. The van der Waals surface area contributed by atoms with Crippen LogP contribution in [0.25, 0.3) is 0 Å². The van der Waals surface area contributed by atoms with E-state index in [2.05, 4.69) is 10.1 Å². The molecule has 1 rings (SSSR count). The van der Waals surface area contributed by atoms with E-state index in [1.165, 1.54) is 0 Å². The molecule has 0 spiro atoms. The maximum absolute atomic E-state index is 8.51. The fourth-order valence-electron chi connectivity index (χ4n) is 1.56. The molecule has 0 aromatic rings. The predicted molar refractivity (Wildman–Crippen MR) is 54.4 cm³/mol. The molecule has 0 saturated carbocycles. The van der Waals surface area contributed by atoms with E-state index in [0.717, 1.165) is 39.3 Å². The number of hydrogen-bond acceptors (Lipinski definition) is 4. The fourth-order valence-corrected chi connectivity index (χ4v) is 1.56. The molecule has 1 heterocycles. The first kappa shape index (κ1) is 11.3. The van der Waals surface area contributed by atoms with Crippen LogP contribution in [0.2, 0.25) is 0 Å². The van der Waals surface area contributed by atoms with Crippen LogP contribution >= 0.6 is 0 Å².